The van der Waals surface area contributed by atoms with E-state index < -0.39 is 5.41 Å². The van der Waals surface area contributed by atoms with Gasteiger partial charge in [-0.15, -0.1) is 0 Å². The van der Waals surface area contributed by atoms with Crippen LogP contribution in [-0.4, -0.2) is 43.0 Å². The summed E-state index contributed by atoms with van der Waals surface area (Å²) in [6, 6.07) is 0. The normalized spacial score (nSPS) is 26.5. The van der Waals surface area contributed by atoms with Crippen LogP contribution in [-0.2, 0) is 14.3 Å². The van der Waals surface area contributed by atoms with Crippen molar-refractivity contribution in [3.8, 4) is 0 Å². The molecular weight excluding hydrogens is 196 g/mol. The number of likely N-dealkylation sites (tertiary alicyclic amines) is 1. The minimum atomic E-state index is -0.494. The molecule has 1 amide bonds. The lowest BCUT2D eigenvalue weighted by molar-refractivity contribution is -0.144. The third-order valence-electron chi connectivity index (χ3n) is 2.81. The predicted molar refractivity (Wildman–Crippen MR) is 55.0 cm³/mol. The van der Waals surface area contributed by atoms with Crippen LogP contribution in [0.4, 0.5) is 0 Å². The first-order chi connectivity index (χ1) is 6.98. The summed E-state index contributed by atoms with van der Waals surface area (Å²) < 4.78 is 4.84. The molecule has 5 heteroatoms. The molecular formula is C10H18N2O3. The number of carbonyl (C=O) groups excluding carboxylic acids is 2. The van der Waals surface area contributed by atoms with E-state index in [2.05, 4.69) is 0 Å². The molecule has 0 bridgehead atoms. The zero-order valence-corrected chi connectivity index (χ0v) is 9.28. The average Bonchev–Trinajstić information content (AvgIpc) is 2.49. The smallest absolute Gasteiger partial charge is 0.320 e. The van der Waals surface area contributed by atoms with Gasteiger partial charge in [0.05, 0.1) is 18.6 Å². The molecule has 1 heterocycles. The van der Waals surface area contributed by atoms with Gasteiger partial charge < -0.3 is 10.5 Å². The third kappa shape index (κ3) is 2.92. The number of esters is 1. The summed E-state index contributed by atoms with van der Waals surface area (Å²) >= 11 is 0. The molecule has 0 saturated carbocycles. The molecule has 0 radical (unpaired) electrons. The molecule has 1 unspecified atom stereocenters. The van der Waals surface area contributed by atoms with Gasteiger partial charge in [-0.3, -0.25) is 14.5 Å². The van der Waals surface area contributed by atoms with Crippen molar-refractivity contribution in [2.45, 2.75) is 20.3 Å². The Kier molecular flexibility index (Phi) is 3.68. The molecule has 86 valence electrons. The number of hydrogen-bond acceptors (Lipinski definition) is 4. The number of rotatable bonds is 4. The molecule has 1 atom stereocenters. The van der Waals surface area contributed by atoms with Gasteiger partial charge in [0, 0.05) is 6.54 Å². The number of primary amides is 1. The summed E-state index contributed by atoms with van der Waals surface area (Å²) in [5, 5.41) is 0. The van der Waals surface area contributed by atoms with E-state index in [4.69, 9.17) is 10.5 Å². The molecule has 1 rings (SSSR count). The third-order valence-corrected chi connectivity index (χ3v) is 2.81. The van der Waals surface area contributed by atoms with Gasteiger partial charge in [-0.2, -0.15) is 0 Å². The van der Waals surface area contributed by atoms with E-state index in [1.807, 2.05) is 11.8 Å². The van der Waals surface area contributed by atoms with Gasteiger partial charge in [-0.1, -0.05) is 0 Å². The maximum Gasteiger partial charge on any atom is 0.320 e. The number of ether oxygens (including phenoxy) is 1. The van der Waals surface area contributed by atoms with Gasteiger partial charge in [-0.25, -0.2) is 0 Å². The van der Waals surface area contributed by atoms with E-state index in [9.17, 15) is 9.59 Å². The topological polar surface area (TPSA) is 72.6 Å². The van der Waals surface area contributed by atoms with Crippen molar-refractivity contribution in [2.75, 3.05) is 26.2 Å². The summed E-state index contributed by atoms with van der Waals surface area (Å²) in [7, 11) is 0. The molecule has 0 aliphatic carbocycles. The van der Waals surface area contributed by atoms with Crippen molar-refractivity contribution in [3.05, 3.63) is 0 Å². The minimum Gasteiger partial charge on any atom is -0.465 e. The van der Waals surface area contributed by atoms with Gasteiger partial charge >= 0.3 is 5.97 Å². The van der Waals surface area contributed by atoms with Crippen molar-refractivity contribution < 1.29 is 14.3 Å². The summed E-state index contributed by atoms with van der Waals surface area (Å²) in [6.07, 6.45) is 0.710. The Bertz CT molecular complexity index is 267. The van der Waals surface area contributed by atoms with Crippen molar-refractivity contribution >= 4 is 11.9 Å². The summed E-state index contributed by atoms with van der Waals surface area (Å²) in [4.78, 5) is 24.3. The lowest BCUT2D eigenvalue weighted by atomic mass is 9.89. The molecule has 1 saturated heterocycles. The second-order valence-corrected chi connectivity index (χ2v) is 4.19. The fourth-order valence-electron chi connectivity index (χ4n) is 1.78. The molecule has 5 nitrogen and oxygen atoms in total. The predicted octanol–water partition coefficient (Wildman–Crippen LogP) is -0.253. The first kappa shape index (κ1) is 12.0. The number of nitrogens with zero attached hydrogens (tertiary/aromatic N) is 1. The number of nitrogens with two attached hydrogens (primary N) is 1. The summed E-state index contributed by atoms with van der Waals surface area (Å²) in [5.41, 5.74) is 4.81. The van der Waals surface area contributed by atoms with Crippen LogP contribution in [0.2, 0.25) is 0 Å². The Morgan fingerprint density at radius 2 is 2.20 bits per heavy atom. The minimum absolute atomic E-state index is 0.244. The Morgan fingerprint density at radius 3 is 2.67 bits per heavy atom. The van der Waals surface area contributed by atoms with Crippen LogP contribution in [0, 0.1) is 5.41 Å². The zero-order valence-electron chi connectivity index (χ0n) is 9.28. The monoisotopic (exact) mass is 214 g/mol. The Hall–Kier alpha value is -1.10. The van der Waals surface area contributed by atoms with E-state index in [-0.39, 0.29) is 18.4 Å². The van der Waals surface area contributed by atoms with Gasteiger partial charge in [0.2, 0.25) is 5.91 Å². The summed E-state index contributed by atoms with van der Waals surface area (Å²) in [6.45, 7) is 5.51. The van der Waals surface area contributed by atoms with Crippen LogP contribution >= 0.6 is 0 Å². The van der Waals surface area contributed by atoms with Crippen molar-refractivity contribution in [1.29, 1.82) is 0 Å². The van der Waals surface area contributed by atoms with Gasteiger partial charge in [0.25, 0.3) is 0 Å². The van der Waals surface area contributed by atoms with Crippen LogP contribution in [0.5, 0.6) is 0 Å². The first-order valence-electron chi connectivity index (χ1n) is 5.16. The molecule has 0 aromatic heterocycles. The Morgan fingerprint density at radius 1 is 1.53 bits per heavy atom. The Balaban J connectivity index is 2.43. The molecule has 1 fully saturated rings. The highest BCUT2D eigenvalue weighted by Gasteiger charge is 2.39. The second-order valence-electron chi connectivity index (χ2n) is 4.19. The van der Waals surface area contributed by atoms with Crippen LogP contribution in [0.15, 0.2) is 0 Å². The largest absolute Gasteiger partial charge is 0.465 e. The molecule has 1 aliphatic heterocycles. The highest BCUT2D eigenvalue weighted by atomic mass is 16.5. The summed E-state index contributed by atoms with van der Waals surface area (Å²) in [5.74, 6) is -0.542. The average molecular weight is 214 g/mol. The lowest BCUT2D eigenvalue weighted by Crippen LogP contribution is -2.38. The molecule has 0 aromatic rings. The molecule has 0 spiro atoms. The highest BCUT2D eigenvalue weighted by molar-refractivity contribution is 5.81. The van der Waals surface area contributed by atoms with Crippen LogP contribution < -0.4 is 5.73 Å². The number of carbonyl (C=O) groups is 2. The first-order valence-corrected chi connectivity index (χ1v) is 5.16. The SMILES string of the molecule is CCOC(=O)CN1CCC(C)(C(N)=O)C1. The Labute approximate surface area is 89.6 Å². The van der Waals surface area contributed by atoms with Crippen LogP contribution in [0.25, 0.3) is 0 Å². The second kappa shape index (κ2) is 4.61. The number of hydrogen-bond donors (Lipinski definition) is 1. The van der Waals surface area contributed by atoms with Crippen molar-refractivity contribution in [3.63, 3.8) is 0 Å². The van der Waals surface area contributed by atoms with E-state index in [1.165, 1.54) is 0 Å². The fourth-order valence-corrected chi connectivity index (χ4v) is 1.78. The molecule has 0 aromatic carbocycles. The highest BCUT2D eigenvalue weighted by Crippen LogP contribution is 2.28. The maximum atomic E-state index is 11.2. The van der Waals surface area contributed by atoms with E-state index in [1.54, 1.807) is 6.92 Å². The van der Waals surface area contributed by atoms with Crippen molar-refractivity contribution in [2.24, 2.45) is 11.1 Å². The quantitative estimate of drug-likeness (QED) is 0.655. The van der Waals surface area contributed by atoms with E-state index in [0.717, 1.165) is 6.54 Å². The van der Waals surface area contributed by atoms with Crippen molar-refractivity contribution in [1.82, 2.24) is 4.90 Å². The molecule has 1 aliphatic rings. The number of amides is 1. The zero-order chi connectivity index (χ0) is 11.5. The molecule has 2 N–H and O–H groups in total. The maximum absolute atomic E-state index is 11.2. The van der Waals surface area contributed by atoms with Crippen LogP contribution in [0.3, 0.4) is 0 Å². The standard InChI is InChI=1S/C10H18N2O3/c1-3-15-8(13)6-12-5-4-10(2,7-12)9(11)14/h3-7H2,1-2H3,(H2,11,14). The van der Waals surface area contributed by atoms with Gasteiger partial charge in [0.15, 0.2) is 0 Å². The van der Waals surface area contributed by atoms with Gasteiger partial charge in [-0.05, 0) is 26.8 Å². The lowest BCUT2D eigenvalue weighted by Gasteiger charge is -2.20. The van der Waals surface area contributed by atoms with E-state index >= 15 is 0 Å². The van der Waals surface area contributed by atoms with Gasteiger partial charge in [0.1, 0.15) is 0 Å². The molecule has 15 heavy (non-hydrogen) atoms. The van der Waals surface area contributed by atoms with E-state index in [0.29, 0.717) is 19.6 Å². The van der Waals surface area contributed by atoms with Crippen LogP contribution in [0.1, 0.15) is 20.3 Å². The fraction of sp³-hybridized carbons (Fsp3) is 0.800.